The van der Waals surface area contributed by atoms with Crippen molar-refractivity contribution in [3.05, 3.63) is 113 Å². The van der Waals surface area contributed by atoms with Crippen LogP contribution >= 0.6 is 0 Å². The molecule has 2 N–H and O–H groups in total. The quantitative estimate of drug-likeness (QED) is 0.171. The molecule has 252 valence electrons. The molecule has 9 nitrogen and oxygen atoms in total. The van der Waals surface area contributed by atoms with Crippen molar-refractivity contribution in [3.63, 3.8) is 0 Å². The Balaban J connectivity index is 1.53. The summed E-state index contributed by atoms with van der Waals surface area (Å²) in [6.07, 6.45) is 4.32. The summed E-state index contributed by atoms with van der Waals surface area (Å²) in [5, 5.41) is 18.1. The first-order chi connectivity index (χ1) is 23.2. The van der Waals surface area contributed by atoms with E-state index in [0.717, 1.165) is 42.4 Å². The van der Waals surface area contributed by atoms with E-state index in [-0.39, 0.29) is 24.3 Å². The van der Waals surface area contributed by atoms with Gasteiger partial charge in [0.2, 0.25) is 5.91 Å². The number of hydrogen-bond donors (Lipinski definition) is 2. The van der Waals surface area contributed by atoms with Crippen LogP contribution in [0, 0.1) is 6.92 Å². The monoisotopic (exact) mass is 649 g/mol. The number of fused-ring (bicyclic) bond motifs is 1. The Kier molecular flexibility index (Phi) is 11.4. The van der Waals surface area contributed by atoms with Crippen LogP contribution in [-0.2, 0) is 17.8 Å². The second-order valence-corrected chi connectivity index (χ2v) is 12.7. The van der Waals surface area contributed by atoms with Gasteiger partial charge in [0.1, 0.15) is 0 Å². The van der Waals surface area contributed by atoms with Crippen LogP contribution in [0.1, 0.15) is 95.6 Å². The standard InChI is InChI=1S/C39H47N5O4/c1-5-7-20-42(21-8-6-2)39(48)35-22-27(3)44(41-35)36-19-18-32(40-37(46)28(4)29-14-10-9-11-15-29)24-34(36)38(47)43-25-31-17-13-12-16-30(31)23-33(43)26-45/h9-19,22,24,28,33,45H,5-8,20-21,23,25-26H2,1-4H3,(H,40,46). The topological polar surface area (TPSA) is 108 Å². The van der Waals surface area contributed by atoms with E-state index in [1.165, 1.54) is 0 Å². The van der Waals surface area contributed by atoms with Gasteiger partial charge in [-0.2, -0.15) is 5.10 Å². The minimum absolute atomic E-state index is 0.126. The molecule has 1 aromatic heterocycles. The van der Waals surface area contributed by atoms with Crippen molar-refractivity contribution in [1.29, 1.82) is 0 Å². The molecule has 5 rings (SSSR count). The second kappa shape index (κ2) is 15.9. The van der Waals surface area contributed by atoms with Gasteiger partial charge in [0.25, 0.3) is 11.8 Å². The Hall–Kier alpha value is -4.76. The maximum atomic E-state index is 14.5. The Bertz CT molecular complexity index is 1730. The van der Waals surface area contributed by atoms with Gasteiger partial charge in [-0.15, -0.1) is 0 Å². The molecule has 3 amide bonds. The molecule has 0 saturated heterocycles. The predicted molar refractivity (Wildman–Crippen MR) is 188 cm³/mol. The third kappa shape index (κ3) is 7.68. The number of rotatable bonds is 13. The van der Waals surface area contributed by atoms with Crippen LogP contribution in [0.5, 0.6) is 0 Å². The molecule has 2 atom stereocenters. The smallest absolute Gasteiger partial charge is 0.274 e. The average molecular weight is 650 g/mol. The van der Waals surface area contributed by atoms with Crippen molar-refractivity contribution in [2.75, 3.05) is 25.0 Å². The molecule has 0 aliphatic carbocycles. The lowest BCUT2D eigenvalue weighted by Gasteiger charge is -2.36. The zero-order chi connectivity index (χ0) is 34.2. The molecular formula is C39H47N5O4. The summed E-state index contributed by atoms with van der Waals surface area (Å²) in [7, 11) is 0. The van der Waals surface area contributed by atoms with E-state index >= 15 is 0 Å². The first-order valence-electron chi connectivity index (χ1n) is 17.1. The van der Waals surface area contributed by atoms with Gasteiger partial charge in [-0.25, -0.2) is 4.68 Å². The number of aryl methyl sites for hydroxylation is 1. The van der Waals surface area contributed by atoms with Gasteiger partial charge < -0.3 is 20.2 Å². The number of carbonyl (C=O) groups is 3. The lowest BCUT2D eigenvalue weighted by molar-refractivity contribution is -0.117. The molecule has 0 bridgehead atoms. The van der Waals surface area contributed by atoms with Crippen LogP contribution < -0.4 is 5.32 Å². The predicted octanol–water partition coefficient (Wildman–Crippen LogP) is 6.52. The molecule has 1 aliphatic heterocycles. The van der Waals surface area contributed by atoms with Crippen LogP contribution in [-0.4, -0.2) is 68.1 Å². The largest absolute Gasteiger partial charge is 0.394 e. The number of nitrogens with one attached hydrogen (secondary N) is 1. The number of unbranched alkanes of at least 4 members (excludes halogenated alkanes) is 2. The summed E-state index contributed by atoms with van der Waals surface area (Å²) < 4.78 is 1.64. The van der Waals surface area contributed by atoms with Crippen molar-refractivity contribution in [2.45, 2.75) is 78.3 Å². The summed E-state index contributed by atoms with van der Waals surface area (Å²) >= 11 is 0. The van der Waals surface area contributed by atoms with E-state index in [0.29, 0.717) is 54.4 Å². The fourth-order valence-electron chi connectivity index (χ4n) is 6.25. The molecule has 0 saturated carbocycles. The zero-order valence-corrected chi connectivity index (χ0v) is 28.5. The summed E-state index contributed by atoms with van der Waals surface area (Å²) in [5.74, 6) is -1.03. The number of benzene rings is 3. The number of aliphatic hydroxyl groups excluding tert-OH is 1. The summed E-state index contributed by atoms with van der Waals surface area (Å²) in [5.41, 5.74) is 5.34. The molecule has 0 spiro atoms. The molecule has 1 aliphatic rings. The van der Waals surface area contributed by atoms with Crippen LogP contribution in [0.2, 0.25) is 0 Å². The Morgan fingerprint density at radius 2 is 1.60 bits per heavy atom. The highest BCUT2D eigenvalue weighted by atomic mass is 16.3. The lowest BCUT2D eigenvalue weighted by atomic mass is 9.93. The van der Waals surface area contributed by atoms with Gasteiger partial charge in [-0.05, 0) is 74.1 Å². The third-order valence-corrected chi connectivity index (χ3v) is 9.20. The normalized spacial score (nSPS) is 14.7. The Labute approximate surface area is 283 Å². The molecule has 0 radical (unpaired) electrons. The van der Waals surface area contributed by atoms with Crippen LogP contribution in [0.25, 0.3) is 5.69 Å². The van der Waals surface area contributed by atoms with Gasteiger partial charge in [0.15, 0.2) is 5.69 Å². The third-order valence-electron chi connectivity index (χ3n) is 9.20. The minimum Gasteiger partial charge on any atom is -0.394 e. The van der Waals surface area contributed by atoms with Crippen LogP contribution in [0.3, 0.4) is 0 Å². The molecule has 4 aromatic rings. The van der Waals surface area contributed by atoms with E-state index in [1.54, 1.807) is 33.8 Å². The summed E-state index contributed by atoms with van der Waals surface area (Å²) in [4.78, 5) is 45.1. The molecule has 0 fully saturated rings. The maximum absolute atomic E-state index is 14.5. The highest BCUT2D eigenvalue weighted by Crippen LogP contribution is 2.29. The number of anilines is 1. The molecule has 3 aromatic carbocycles. The molecule has 2 unspecified atom stereocenters. The van der Waals surface area contributed by atoms with Gasteiger partial charge in [0.05, 0.1) is 29.8 Å². The van der Waals surface area contributed by atoms with Gasteiger partial charge in [-0.3, -0.25) is 14.4 Å². The first-order valence-corrected chi connectivity index (χ1v) is 17.1. The highest BCUT2D eigenvalue weighted by Gasteiger charge is 2.32. The molecule has 48 heavy (non-hydrogen) atoms. The molecule has 2 heterocycles. The van der Waals surface area contributed by atoms with Crippen molar-refractivity contribution >= 4 is 23.4 Å². The SMILES string of the molecule is CCCCN(CCCC)C(=O)c1cc(C)n(-c2ccc(NC(=O)C(C)c3ccccc3)cc2C(=O)N2Cc3ccccc3CC2CO)n1. The van der Waals surface area contributed by atoms with E-state index in [2.05, 4.69) is 19.2 Å². The van der Waals surface area contributed by atoms with Crippen molar-refractivity contribution in [1.82, 2.24) is 19.6 Å². The van der Waals surface area contributed by atoms with E-state index in [1.807, 2.05) is 73.3 Å². The van der Waals surface area contributed by atoms with E-state index in [4.69, 9.17) is 5.10 Å². The number of carbonyl (C=O) groups excluding carboxylic acids is 3. The molecule has 9 heteroatoms. The van der Waals surface area contributed by atoms with Crippen LogP contribution in [0.4, 0.5) is 5.69 Å². The minimum atomic E-state index is -0.418. The van der Waals surface area contributed by atoms with Gasteiger partial charge in [0, 0.05) is 31.0 Å². The fraction of sp³-hybridized carbons (Fsp3) is 0.385. The highest BCUT2D eigenvalue weighted by molar-refractivity contribution is 6.01. The van der Waals surface area contributed by atoms with Gasteiger partial charge in [-0.1, -0.05) is 81.3 Å². The second-order valence-electron chi connectivity index (χ2n) is 12.7. The van der Waals surface area contributed by atoms with Crippen molar-refractivity contribution in [3.8, 4) is 5.69 Å². The zero-order valence-electron chi connectivity index (χ0n) is 28.5. The van der Waals surface area contributed by atoms with Crippen molar-refractivity contribution < 1.29 is 19.5 Å². The fourth-order valence-corrected chi connectivity index (χ4v) is 6.25. The van der Waals surface area contributed by atoms with Crippen molar-refractivity contribution in [2.24, 2.45) is 0 Å². The average Bonchev–Trinajstić information content (AvgIpc) is 3.51. The number of aromatic nitrogens is 2. The van der Waals surface area contributed by atoms with Crippen LogP contribution in [0.15, 0.2) is 78.9 Å². The number of hydrogen-bond acceptors (Lipinski definition) is 5. The van der Waals surface area contributed by atoms with Gasteiger partial charge >= 0.3 is 0 Å². The van der Waals surface area contributed by atoms with E-state index < -0.39 is 12.0 Å². The lowest BCUT2D eigenvalue weighted by Crippen LogP contribution is -2.46. The number of amides is 3. The summed E-state index contributed by atoms with van der Waals surface area (Å²) in [6.45, 7) is 9.41. The first kappa shape index (κ1) is 34.6. The Morgan fingerprint density at radius 3 is 2.27 bits per heavy atom. The maximum Gasteiger partial charge on any atom is 0.274 e. The molecular weight excluding hydrogens is 602 g/mol. The number of nitrogens with zero attached hydrogens (tertiary/aromatic N) is 4. The number of aliphatic hydroxyl groups is 1. The van der Waals surface area contributed by atoms with E-state index in [9.17, 15) is 19.5 Å². The summed E-state index contributed by atoms with van der Waals surface area (Å²) in [6, 6.07) is 24.0. The Morgan fingerprint density at radius 1 is 0.938 bits per heavy atom.